The molecule has 0 spiro atoms. The summed E-state index contributed by atoms with van der Waals surface area (Å²) in [6.45, 7) is 0. The summed E-state index contributed by atoms with van der Waals surface area (Å²) in [5.74, 6) is 2.33. The van der Waals surface area contributed by atoms with Crippen LogP contribution in [0.15, 0.2) is 197 Å². The number of benzene rings is 9. The molecule has 0 N–H and O–H groups in total. The minimum atomic E-state index is 0.567. The minimum Gasteiger partial charge on any atom is -0.456 e. The van der Waals surface area contributed by atoms with Crippen LogP contribution < -0.4 is 0 Å². The van der Waals surface area contributed by atoms with Crippen LogP contribution >= 0.6 is 0 Å². The van der Waals surface area contributed by atoms with Gasteiger partial charge in [0.25, 0.3) is 0 Å². The molecule has 0 bridgehead atoms. The van der Waals surface area contributed by atoms with Gasteiger partial charge in [-0.2, -0.15) is 0 Å². The number of hydrogen-bond acceptors (Lipinski definition) is 6. The number of fused-ring (bicyclic) bond motifs is 11. The van der Waals surface area contributed by atoms with Crippen molar-refractivity contribution in [3.05, 3.63) is 188 Å². The molecule has 0 unspecified atom stereocenters. The number of rotatable bonds is 5. The van der Waals surface area contributed by atoms with Crippen LogP contribution in [-0.4, -0.2) is 24.5 Å². The number of nitrogens with zero attached hydrogens (tertiary/aromatic N) is 5. The molecule has 4 aromatic heterocycles. The zero-order valence-electron chi connectivity index (χ0n) is 32.5. The Morgan fingerprint density at radius 1 is 0.361 bits per heavy atom. The molecule has 0 aliphatic rings. The van der Waals surface area contributed by atoms with Crippen molar-refractivity contribution in [1.29, 1.82) is 0 Å². The molecule has 61 heavy (non-hydrogen) atoms. The number of aromatic nitrogens is 5. The fourth-order valence-corrected chi connectivity index (χ4v) is 8.96. The predicted molar refractivity (Wildman–Crippen MR) is 246 cm³/mol. The van der Waals surface area contributed by atoms with E-state index in [1.807, 2.05) is 66.7 Å². The summed E-state index contributed by atoms with van der Waals surface area (Å²) < 4.78 is 15.5. The van der Waals surface area contributed by atoms with Crippen LogP contribution in [0.1, 0.15) is 0 Å². The lowest BCUT2D eigenvalue weighted by Gasteiger charge is -2.11. The first-order valence-electron chi connectivity index (χ1n) is 20.3. The molecule has 9 aromatic carbocycles. The van der Waals surface area contributed by atoms with E-state index in [1.54, 1.807) is 0 Å². The Balaban J connectivity index is 1.01. The summed E-state index contributed by atoms with van der Waals surface area (Å²) in [4.78, 5) is 20.4. The molecule has 284 valence electrons. The average Bonchev–Trinajstić information content (AvgIpc) is 4.03. The number of para-hydroxylation sites is 2. The van der Waals surface area contributed by atoms with Gasteiger partial charge in [0, 0.05) is 44.1 Å². The number of oxazole rings is 1. The Morgan fingerprint density at radius 2 is 0.984 bits per heavy atom. The zero-order chi connectivity index (χ0) is 40.0. The highest BCUT2D eigenvalue weighted by Crippen LogP contribution is 2.42. The van der Waals surface area contributed by atoms with Crippen LogP contribution in [0.5, 0.6) is 0 Å². The average molecular weight is 782 g/mol. The zero-order valence-corrected chi connectivity index (χ0v) is 32.5. The van der Waals surface area contributed by atoms with E-state index in [0.29, 0.717) is 28.9 Å². The quantitative estimate of drug-likeness (QED) is 0.173. The van der Waals surface area contributed by atoms with Gasteiger partial charge in [0.05, 0.1) is 16.4 Å². The maximum absolute atomic E-state index is 6.66. The van der Waals surface area contributed by atoms with Crippen LogP contribution in [0.3, 0.4) is 0 Å². The molecule has 13 rings (SSSR count). The molecule has 0 amide bonds. The van der Waals surface area contributed by atoms with Crippen molar-refractivity contribution in [2.45, 2.75) is 0 Å². The fraction of sp³-hybridized carbons (Fsp3) is 0. The molecule has 0 aliphatic heterocycles. The lowest BCUT2D eigenvalue weighted by atomic mass is 10.0. The van der Waals surface area contributed by atoms with Gasteiger partial charge in [-0.05, 0) is 82.2 Å². The summed E-state index contributed by atoms with van der Waals surface area (Å²) in [5.41, 5.74) is 9.85. The van der Waals surface area contributed by atoms with Crippen LogP contribution in [0, 0.1) is 0 Å². The predicted octanol–water partition coefficient (Wildman–Crippen LogP) is 14.0. The van der Waals surface area contributed by atoms with Crippen molar-refractivity contribution < 1.29 is 8.83 Å². The van der Waals surface area contributed by atoms with Crippen molar-refractivity contribution in [1.82, 2.24) is 24.5 Å². The molecule has 0 aliphatic carbocycles. The van der Waals surface area contributed by atoms with E-state index in [0.717, 1.165) is 88.0 Å². The van der Waals surface area contributed by atoms with Gasteiger partial charge in [-0.25, -0.2) is 19.9 Å². The van der Waals surface area contributed by atoms with E-state index in [-0.39, 0.29) is 0 Å². The first-order valence-corrected chi connectivity index (χ1v) is 20.3. The Labute approximate surface area is 347 Å². The van der Waals surface area contributed by atoms with E-state index < -0.39 is 0 Å². The van der Waals surface area contributed by atoms with Gasteiger partial charge in [-0.3, -0.25) is 0 Å². The Bertz CT molecular complexity index is 3880. The molecular weight excluding hydrogens is 751 g/mol. The van der Waals surface area contributed by atoms with Crippen LogP contribution in [0.4, 0.5) is 0 Å². The topological polar surface area (TPSA) is 82.8 Å². The second kappa shape index (κ2) is 13.0. The molecule has 0 atom stereocenters. The number of hydrogen-bond donors (Lipinski definition) is 0. The van der Waals surface area contributed by atoms with Crippen LogP contribution in [-0.2, 0) is 0 Å². The smallest absolute Gasteiger partial charge is 0.227 e. The second-order valence-electron chi connectivity index (χ2n) is 15.4. The largest absolute Gasteiger partial charge is 0.456 e. The molecule has 0 fully saturated rings. The number of furan rings is 1. The maximum atomic E-state index is 6.66. The molecule has 0 saturated carbocycles. The summed E-state index contributed by atoms with van der Waals surface area (Å²) in [5, 5.41) is 8.56. The van der Waals surface area contributed by atoms with Crippen molar-refractivity contribution in [3.8, 4) is 51.3 Å². The summed E-state index contributed by atoms with van der Waals surface area (Å²) in [6, 6.07) is 64.7. The SMILES string of the molecule is c1ccc(-c2nc(-c3ccc4ccc5oc6ccc7nc(-c8ccc9ccccc9c8)oc7c6c5c4c3)nc(-c3ccc4c5ccccc5n(-c5ccccc5)c4c3)n2)cc1. The van der Waals surface area contributed by atoms with Gasteiger partial charge in [0.15, 0.2) is 23.1 Å². The standard InChI is InChI=1S/C54H31N5O2/c1-3-12-34(13-4-1)51-56-52(58-53(57-51)37-23-25-41-40-17-9-10-18-44(40)59(45(41)31-37)39-15-5-2-6-16-39)36-21-20-33-24-27-46-48(42(33)30-36)49-47(60-46)28-26-43-50(49)61-54(55-43)38-22-19-32-11-7-8-14-35(32)29-38/h1-31H. The first-order chi connectivity index (χ1) is 30.2. The molecule has 0 saturated heterocycles. The Hall–Kier alpha value is -8.42. The second-order valence-corrected chi connectivity index (χ2v) is 15.4. The van der Waals surface area contributed by atoms with E-state index >= 15 is 0 Å². The van der Waals surface area contributed by atoms with Gasteiger partial charge >= 0.3 is 0 Å². The van der Waals surface area contributed by atoms with Crippen molar-refractivity contribution in [2.24, 2.45) is 0 Å². The highest BCUT2D eigenvalue weighted by Gasteiger charge is 2.21. The van der Waals surface area contributed by atoms with Crippen molar-refractivity contribution in [2.75, 3.05) is 0 Å². The minimum absolute atomic E-state index is 0.567. The normalized spacial score (nSPS) is 11.9. The Morgan fingerprint density at radius 3 is 1.84 bits per heavy atom. The lowest BCUT2D eigenvalue weighted by molar-refractivity contribution is 0.622. The summed E-state index contributed by atoms with van der Waals surface area (Å²) in [6.07, 6.45) is 0. The van der Waals surface area contributed by atoms with E-state index in [4.69, 9.17) is 28.8 Å². The van der Waals surface area contributed by atoms with Gasteiger partial charge in [0.2, 0.25) is 5.89 Å². The molecule has 7 nitrogen and oxygen atoms in total. The van der Waals surface area contributed by atoms with Gasteiger partial charge < -0.3 is 13.4 Å². The fourth-order valence-electron chi connectivity index (χ4n) is 8.96. The molecular formula is C54H31N5O2. The molecule has 7 heteroatoms. The van der Waals surface area contributed by atoms with Gasteiger partial charge in [0.1, 0.15) is 16.7 Å². The third-order valence-corrected chi connectivity index (χ3v) is 11.8. The molecule has 13 aromatic rings. The van der Waals surface area contributed by atoms with Crippen molar-refractivity contribution in [3.63, 3.8) is 0 Å². The molecule has 0 radical (unpaired) electrons. The third-order valence-electron chi connectivity index (χ3n) is 11.8. The summed E-state index contributed by atoms with van der Waals surface area (Å²) >= 11 is 0. The van der Waals surface area contributed by atoms with Crippen molar-refractivity contribution >= 4 is 76.4 Å². The molecule has 4 heterocycles. The highest BCUT2D eigenvalue weighted by molar-refractivity contribution is 6.25. The van der Waals surface area contributed by atoms with Crippen LogP contribution in [0.25, 0.3) is 128 Å². The van der Waals surface area contributed by atoms with Gasteiger partial charge in [-0.1, -0.05) is 127 Å². The maximum Gasteiger partial charge on any atom is 0.227 e. The third kappa shape index (κ3) is 5.31. The van der Waals surface area contributed by atoms with E-state index in [2.05, 4.69) is 126 Å². The first kappa shape index (κ1) is 33.5. The lowest BCUT2D eigenvalue weighted by Crippen LogP contribution is -2.00. The summed E-state index contributed by atoms with van der Waals surface area (Å²) in [7, 11) is 0. The van der Waals surface area contributed by atoms with Crippen LogP contribution in [0.2, 0.25) is 0 Å². The van der Waals surface area contributed by atoms with E-state index in [9.17, 15) is 0 Å². The van der Waals surface area contributed by atoms with E-state index in [1.165, 1.54) is 10.8 Å². The monoisotopic (exact) mass is 781 g/mol. The highest BCUT2D eigenvalue weighted by atomic mass is 16.4. The van der Waals surface area contributed by atoms with Gasteiger partial charge in [-0.15, -0.1) is 0 Å². The Kier molecular flexibility index (Phi) is 7.17.